The van der Waals surface area contributed by atoms with Gasteiger partial charge in [-0.05, 0) is 25.4 Å². The van der Waals surface area contributed by atoms with E-state index in [1.165, 1.54) is 89.5 Å². The lowest BCUT2D eigenvalue weighted by atomic mass is 10.1. The molecule has 0 bridgehead atoms. The molecule has 0 aromatic heterocycles. The normalized spacial score (nSPS) is 12.0. The molecule has 0 fully saturated rings. The molecule has 0 N–H and O–H groups in total. The van der Waals surface area contributed by atoms with Gasteiger partial charge in [0.2, 0.25) is 0 Å². The zero-order valence-electron chi connectivity index (χ0n) is 18.0. The Kier molecular flexibility index (Phi) is 19.0. The van der Waals surface area contributed by atoms with E-state index in [1.807, 2.05) is 0 Å². The predicted octanol–water partition coefficient (Wildman–Crippen LogP) is 8.00. The van der Waals surface area contributed by atoms with E-state index < -0.39 is 8.56 Å². The van der Waals surface area contributed by atoms with Gasteiger partial charge in [-0.2, -0.15) is 0 Å². The summed E-state index contributed by atoms with van der Waals surface area (Å²) in [6, 6.07) is 1.18. The lowest BCUT2D eigenvalue weighted by Crippen LogP contribution is -2.39. The topological polar surface area (TPSA) is 18.5 Å². The standard InChI is InChI=1S/C22H48O2Si/c1-5-8-11-12-13-14-15-16-17-18-19-22-25(4,23-20-9-6-2)24-21-10-7-3/h5-22H2,1-4H3. The van der Waals surface area contributed by atoms with Crippen LogP contribution in [0.25, 0.3) is 0 Å². The number of hydrogen-bond acceptors (Lipinski definition) is 2. The lowest BCUT2D eigenvalue weighted by molar-refractivity contribution is 0.168. The molecule has 0 saturated carbocycles. The van der Waals surface area contributed by atoms with Gasteiger partial charge in [-0.25, -0.2) is 0 Å². The zero-order chi connectivity index (χ0) is 18.6. The van der Waals surface area contributed by atoms with E-state index in [0.717, 1.165) is 26.1 Å². The molecule has 0 radical (unpaired) electrons. The van der Waals surface area contributed by atoms with Gasteiger partial charge in [0.05, 0.1) is 0 Å². The van der Waals surface area contributed by atoms with Crippen LogP contribution in [0.2, 0.25) is 12.6 Å². The van der Waals surface area contributed by atoms with Crippen LogP contribution >= 0.6 is 0 Å². The summed E-state index contributed by atoms with van der Waals surface area (Å²) < 4.78 is 12.5. The first-order valence-electron chi connectivity index (χ1n) is 11.5. The van der Waals surface area contributed by atoms with Crippen molar-refractivity contribution in [3.05, 3.63) is 0 Å². The summed E-state index contributed by atoms with van der Waals surface area (Å²) >= 11 is 0. The highest BCUT2D eigenvalue weighted by Crippen LogP contribution is 2.20. The molecule has 0 amide bonds. The van der Waals surface area contributed by atoms with Crippen LogP contribution in [0.3, 0.4) is 0 Å². The Bertz CT molecular complexity index is 248. The summed E-state index contributed by atoms with van der Waals surface area (Å²) in [5, 5.41) is 0. The van der Waals surface area contributed by atoms with Crippen molar-refractivity contribution in [3.63, 3.8) is 0 Å². The second-order valence-electron chi connectivity index (χ2n) is 7.82. The van der Waals surface area contributed by atoms with Crippen molar-refractivity contribution in [2.45, 2.75) is 130 Å². The SMILES string of the molecule is CCCCCCCCCCCCC[Si](C)(OCCCC)OCCCC. The molecule has 152 valence electrons. The Hall–Kier alpha value is 0.137. The van der Waals surface area contributed by atoms with Crippen molar-refractivity contribution < 1.29 is 8.85 Å². The summed E-state index contributed by atoms with van der Waals surface area (Å²) in [7, 11) is -1.92. The molecule has 0 rings (SSSR count). The summed E-state index contributed by atoms with van der Waals surface area (Å²) in [4.78, 5) is 0. The Morgan fingerprint density at radius 3 is 1.24 bits per heavy atom. The third kappa shape index (κ3) is 17.3. The summed E-state index contributed by atoms with van der Waals surface area (Å²) in [6.45, 7) is 10.8. The Morgan fingerprint density at radius 2 is 0.840 bits per heavy atom. The largest absolute Gasteiger partial charge is 0.394 e. The molecule has 0 heterocycles. The second kappa shape index (κ2) is 18.9. The second-order valence-corrected chi connectivity index (χ2v) is 11.2. The highest BCUT2D eigenvalue weighted by Gasteiger charge is 2.30. The van der Waals surface area contributed by atoms with Crippen molar-refractivity contribution in [1.82, 2.24) is 0 Å². The maximum absolute atomic E-state index is 6.23. The molecule has 0 atom stereocenters. The quantitative estimate of drug-likeness (QED) is 0.159. The van der Waals surface area contributed by atoms with E-state index in [0.29, 0.717) is 0 Å². The molecule has 0 aromatic carbocycles. The predicted molar refractivity (Wildman–Crippen MR) is 115 cm³/mol. The molecule has 25 heavy (non-hydrogen) atoms. The highest BCUT2D eigenvalue weighted by molar-refractivity contribution is 6.66. The molecule has 0 aliphatic heterocycles. The first-order valence-corrected chi connectivity index (χ1v) is 14.0. The van der Waals surface area contributed by atoms with E-state index in [2.05, 4.69) is 27.3 Å². The first-order chi connectivity index (χ1) is 12.2. The van der Waals surface area contributed by atoms with Gasteiger partial charge in [0.15, 0.2) is 0 Å². The van der Waals surface area contributed by atoms with Crippen LogP contribution < -0.4 is 0 Å². The lowest BCUT2D eigenvalue weighted by Gasteiger charge is -2.27. The zero-order valence-corrected chi connectivity index (χ0v) is 19.0. The summed E-state index contributed by atoms with van der Waals surface area (Å²) in [5.74, 6) is 0. The molecule has 2 nitrogen and oxygen atoms in total. The Labute approximate surface area is 160 Å². The first kappa shape index (κ1) is 25.1. The van der Waals surface area contributed by atoms with Gasteiger partial charge in [-0.3, -0.25) is 0 Å². The van der Waals surface area contributed by atoms with Gasteiger partial charge in [-0.1, -0.05) is 104 Å². The van der Waals surface area contributed by atoms with Crippen LogP contribution in [0.4, 0.5) is 0 Å². The van der Waals surface area contributed by atoms with Crippen LogP contribution in [0, 0.1) is 0 Å². The average Bonchev–Trinajstić information content (AvgIpc) is 2.60. The van der Waals surface area contributed by atoms with E-state index in [9.17, 15) is 0 Å². The molecule has 0 unspecified atom stereocenters. The van der Waals surface area contributed by atoms with Gasteiger partial charge < -0.3 is 8.85 Å². The maximum Gasteiger partial charge on any atom is 0.334 e. The van der Waals surface area contributed by atoms with Gasteiger partial charge in [0.25, 0.3) is 0 Å². The molecular weight excluding hydrogens is 324 g/mol. The van der Waals surface area contributed by atoms with Crippen LogP contribution in [0.5, 0.6) is 0 Å². The third-order valence-corrected chi connectivity index (χ3v) is 7.94. The fraction of sp³-hybridized carbons (Fsp3) is 1.00. The number of rotatable bonds is 20. The molecule has 0 aliphatic carbocycles. The van der Waals surface area contributed by atoms with Gasteiger partial charge in [0, 0.05) is 13.2 Å². The van der Waals surface area contributed by atoms with Crippen LogP contribution in [0.1, 0.15) is 117 Å². The molecule has 0 saturated heterocycles. The summed E-state index contributed by atoms with van der Waals surface area (Å²) in [5.41, 5.74) is 0. The van der Waals surface area contributed by atoms with Crippen molar-refractivity contribution in [2.75, 3.05) is 13.2 Å². The van der Waals surface area contributed by atoms with Gasteiger partial charge in [0.1, 0.15) is 0 Å². The third-order valence-electron chi connectivity index (χ3n) is 5.05. The van der Waals surface area contributed by atoms with Crippen molar-refractivity contribution in [3.8, 4) is 0 Å². The van der Waals surface area contributed by atoms with Crippen molar-refractivity contribution >= 4 is 8.56 Å². The van der Waals surface area contributed by atoms with Crippen molar-refractivity contribution in [2.24, 2.45) is 0 Å². The molecule has 3 heteroatoms. The average molecular weight is 373 g/mol. The van der Waals surface area contributed by atoms with E-state index in [1.54, 1.807) is 0 Å². The maximum atomic E-state index is 6.23. The monoisotopic (exact) mass is 372 g/mol. The van der Waals surface area contributed by atoms with Gasteiger partial charge in [-0.15, -0.1) is 0 Å². The molecule has 0 spiro atoms. The Morgan fingerprint density at radius 1 is 0.480 bits per heavy atom. The van der Waals surface area contributed by atoms with Crippen molar-refractivity contribution in [1.29, 1.82) is 0 Å². The molecule has 0 aliphatic rings. The van der Waals surface area contributed by atoms with Crippen LogP contribution in [-0.2, 0) is 8.85 Å². The van der Waals surface area contributed by atoms with Gasteiger partial charge >= 0.3 is 8.56 Å². The Balaban J connectivity index is 3.68. The fourth-order valence-electron chi connectivity index (χ4n) is 3.16. The molecular formula is C22H48O2Si. The smallest absolute Gasteiger partial charge is 0.334 e. The molecule has 0 aromatic rings. The van der Waals surface area contributed by atoms with E-state index in [-0.39, 0.29) is 0 Å². The van der Waals surface area contributed by atoms with E-state index >= 15 is 0 Å². The summed E-state index contributed by atoms with van der Waals surface area (Å²) in [6.07, 6.45) is 20.2. The number of hydrogen-bond donors (Lipinski definition) is 0. The minimum absolute atomic E-state index is 0.892. The fourth-order valence-corrected chi connectivity index (χ4v) is 5.58. The van der Waals surface area contributed by atoms with Crippen LogP contribution in [0.15, 0.2) is 0 Å². The van der Waals surface area contributed by atoms with Crippen LogP contribution in [-0.4, -0.2) is 21.8 Å². The highest BCUT2D eigenvalue weighted by atomic mass is 28.4. The van der Waals surface area contributed by atoms with E-state index in [4.69, 9.17) is 8.85 Å². The number of unbranched alkanes of at least 4 members (excludes halogenated alkanes) is 12. The minimum atomic E-state index is -1.92. The minimum Gasteiger partial charge on any atom is -0.394 e.